The molecular formula is C8H17Cl2N3O. The van der Waals surface area contributed by atoms with E-state index in [9.17, 15) is 0 Å². The highest BCUT2D eigenvalue weighted by atomic mass is 35.5. The van der Waals surface area contributed by atoms with E-state index in [4.69, 9.17) is 10.00 Å². The van der Waals surface area contributed by atoms with Crippen molar-refractivity contribution in [1.82, 2.24) is 10.2 Å². The van der Waals surface area contributed by atoms with Crippen molar-refractivity contribution in [2.75, 3.05) is 45.9 Å². The van der Waals surface area contributed by atoms with Crippen molar-refractivity contribution in [3.63, 3.8) is 0 Å². The van der Waals surface area contributed by atoms with Crippen molar-refractivity contribution in [2.24, 2.45) is 0 Å². The van der Waals surface area contributed by atoms with E-state index in [1.165, 1.54) is 0 Å². The molecular weight excluding hydrogens is 225 g/mol. The summed E-state index contributed by atoms with van der Waals surface area (Å²) in [7, 11) is 0. The number of hydrogen-bond acceptors (Lipinski definition) is 4. The zero-order valence-corrected chi connectivity index (χ0v) is 9.70. The van der Waals surface area contributed by atoms with Gasteiger partial charge in [-0.1, -0.05) is 0 Å². The molecule has 0 aliphatic carbocycles. The van der Waals surface area contributed by atoms with E-state index in [0.717, 1.165) is 32.7 Å². The molecule has 0 radical (unpaired) electrons. The van der Waals surface area contributed by atoms with E-state index < -0.39 is 0 Å². The first-order chi connectivity index (χ1) is 5.93. The van der Waals surface area contributed by atoms with Gasteiger partial charge in [-0.3, -0.25) is 4.90 Å². The molecule has 0 aromatic carbocycles. The largest absolute Gasteiger partial charge is 0.365 e. The average molecular weight is 242 g/mol. The van der Waals surface area contributed by atoms with Gasteiger partial charge in [0.15, 0.2) is 0 Å². The Bertz CT molecular complexity index is 157. The van der Waals surface area contributed by atoms with E-state index in [1.54, 1.807) is 0 Å². The number of nitriles is 1. The Labute approximate surface area is 97.4 Å². The molecule has 1 heterocycles. The van der Waals surface area contributed by atoms with Gasteiger partial charge in [0.25, 0.3) is 0 Å². The number of halogens is 2. The molecule has 6 heteroatoms. The van der Waals surface area contributed by atoms with Gasteiger partial charge in [0.05, 0.1) is 12.7 Å². The molecule has 0 atom stereocenters. The minimum absolute atomic E-state index is 0. The molecule has 1 fully saturated rings. The summed E-state index contributed by atoms with van der Waals surface area (Å²) in [5.74, 6) is 0. The first-order valence-corrected chi connectivity index (χ1v) is 4.31. The molecule has 84 valence electrons. The lowest BCUT2D eigenvalue weighted by Crippen LogP contribution is -2.44. The Hall–Kier alpha value is -0.0500. The van der Waals surface area contributed by atoms with Crippen LogP contribution in [0.5, 0.6) is 0 Å². The van der Waals surface area contributed by atoms with Crippen LogP contribution in [0.25, 0.3) is 0 Å². The van der Waals surface area contributed by atoms with Crippen LogP contribution >= 0.6 is 24.8 Å². The van der Waals surface area contributed by atoms with E-state index in [-0.39, 0.29) is 31.4 Å². The van der Waals surface area contributed by atoms with Gasteiger partial charge in [-0.25, -0.2) is 0 Å². The summed E-state index contributed by atoms with van der Waals surface area (Å²) in [5.41, 5.74) is 0. The lowest BCUT2D eigenvalue weighted by Gasteiger charge is -2.26. The fraction of sp³-hybridized carbons (Fsp3) is 0.875. The van der Waals surface area contributed by atoms with Crippen molar-refractivity contribution >= 4 is 24.8 Å². The molecule has 1 aliphatic rings. The zero-order chi connectivity index (χ0) is 8.65. The summed E-state index contributed by atoms with van der Waals surface area (Å²) in [4.78, 5) is 2.34. The van der Waals surface area contributed by atoms with Gasteiger partial charge >= 0.3 is 0 Å². The molecule has 0 unspecified atom stereocenters. The molecule has 0 bridgehead atoms. The number of nitrogens with one attached hydrogen (secondary N) is 1. The van der Waals surface area contributed by atoms with Crippen molar-refractivity contribution in [2.45, 2.75) is 0 Å². The molecule has 0 aromatic heterocycles. The number of hydrogen-bond donors (Lipinski definition) is 1. The fourth-order valence-electron chi connectivity index (χ4n) is 1.25. The summed E-state index contributed by atoms with van der Waals surface area (Å²) < 4.78 is 5.06. The molecule has 4 nitrogen and oxygen atoms in total. The van der Waals surface area contributed by atoms with Crippen molar-refractivity contribution in [3.8, 4) is 6.07 Å². The summed E-state index contributed by atoms with van der Waals surface area (Å²) in [6, 6.07) is 1.95. The topological polar surface area (TPSA) is 48.3 Å². The standard InChI is InChI=1S/C8H15N3O.2ClH/c9-1-7-12-8-6-11-4-2-10-3-5-11;;/h10H,2-8H2;2*1H. The molecule has 0 amide bonds. The molecule has 14 heavy (non-hydrogen) atoms. The lowest BCUT2D eigenvalue weighted by atomic mass is 10.4. The molecule has 1 rings (SSSR count). The van der Waals surface area contributed by atoms with Gasteiger partial charge in [0.2, 0.25) is 0 Å². The smallest absolute Gasteiger partial charge is 0.133 e. The van der Waals surface area contributed by atoms with Gasteiger partial charge < -0.3 is 10.1 Å². The third kappa shape index (κ3) is 7.36. The second kappa shape index (κ2) is 11.0. The Morgan fingerprint density at radius 2 is 1.93 bits per heavy atom. The lowest BCUT2D eigenvalue weighted by molar-refractivity contribution is 0.120. The predicted molar refractivity (Wildman–Crippen MR) is 60.2 cm³/mol. The van der Waals surface area contributed by atoms with Gasteiger partial charge in [0.1, 0.15) is 6.61 Å². The van der Waals surface area contributed by atoms with Gasteiger partial charge in [-0.2, -0.15) is 5.26 Å². The summed E-state index contributed by atoms with van der Waals surface area (Å²) in [5, 5.41) is 11.5. The molecule has 0 spiro atoms. The molecule has 1 saturated heterocycles. The molecule has 1 N–H and O–H groups in total. The number of piperazine rings is 1. The third-order valence-electron chi connectivity index (χ3n) is 1.93. The van der Waals surface area contributed by atoms with E-state index in [2.05, 4.69) is 10.2 Å². The van der Waals surface area contributed by atoms with E-state index in [1.807, 2.05) is 6.07 Å². The maximum atomic E-state index is 8.20. The van der Waals surface area contributed by atoms with Crippen LogP contribution in [0.3, 0.4) is 0 Å². The first kappa shape index (κ1) is 16.4. The van der Waals surface area contributed by atoms with Crippen LogP contribution in [0.4, 0.5) is 0 Å². The summed E-state index contributed by atoms with van der Waals surface area (Å²) in [6.07, 6.45) is 0. The van der Waals surface area contributed by atoms with Crippen LogP contribution in [0.2, 0.25) is 0 Å². The minimum Gasteiger partial charge on any atom is -0.365 e. The fourth-order valence-corrected chi connectivity index (χ4v) is 1.25. The van der Waals surface area contributed by atoms with Crippen molar-refractivity contribution < 1.29 is 4.74 Å². The maximum Gasteiger partial charge on any atom is 0.133 e. The van der Waals surface area contributed by atoms with Crippen molar-refractivity contribution in [1.29, 1.82) is 5.26 Å². The van der Waals surface area contributed by atoms with Crippen LogP contribution in [0.1, 0.15) is 0 Å². The number of nitrogens with zero attached hydrogens (tertiary/aromatic N) is 2. The predicted octanol–water partition coefficient (Wildman–Crippen LogP) is 0.275. The third-order valence-corrected chi connectivity index (χ3v) is 1.93. The van der Waals surface area contributed by atoms with Crippen LogP contribution in [-0.4, -0.2) is 50.8 Å². The highest BCUT2D eigenvalue weighted by Crippen LogP contribution is 1.90. The van der Waals surface area contributed by atoms with E-state index in [0.29, 0.717) is 6.61 Å². The monoisotopic (exact) mass is 241 g/mol. The zero-order valence-electron chi connectivity index (χ0n) is 8.07. The number of rotatable bonds is 4. The van der Waals surface area contributed by atoms with Crippen LogP contribution < -0.4 is 5.32 Å². The van der Waals surface area contributed by atoms with Gasteiger partial charge in [0, 0.05) is 32.7 Å². The summed E-state index contributed by atoms with van der Waals surface area (Å²) >= 11 is 0. The highest BCUT2D eigenvalue weighted by Gasteiger charge is 2.07. The van der Waals surface area contributed by atoms with Crippen molar-refractivity contribution in [3.05, 3.63) is 0 Å². The number of ether oxygens (including phenoxy) is 1. The second-order valence-corrected chi connectivity index (χ2v) is 2.80. The molecule has 0 aromatic rings. The normalized spacial score (nSPS) is 16.2. The Morgan fingerprint density at radius 3 is 2.50 bits per heavy atom. The second-order valence-electron chi connectivity index (χ2n) is 2.80. The highest BCUT2D eigenvalue weighted by molar-refractivity contribution is 5.85. The van der Waals surface area contributed by atoms with Crippen LogP contribution in [0.15, 0.2) is 0 Å². The SMILES string of the molecule is Cl.Cl.N#CCOCCN1CCNCC1. The van der Waals surface area contributed by atoms with E-state index >= 15 is 0 Å². The average Bonchev–Trinajstić information content (AvgIpc) is 2.14. The van der Waals surface area contributed by atoms with Crippen LogP contribution in [0, 0.1) is 11.3 Å². The maximum absolute atomic E-state index is 8.20. The molecule has 1 aliphatic heterocycles. The van der Waals surface area contributed by atoms with Crippen LogP contribution in [-0.2, 0) is 4.74 Å². The Morgan fingerprint density at radius 1 is 1.29 bits per heavy atom. The van der Waals surface area contributed by atoms with Gasteiger partial charge in [-0.15, -0.1) is 24.8 Å². The Balaban J connectivity index is 0. The Kier molecular flexibility index (Phi) is 12.9. The summed E-state index contributed by atoms with van der Waals surface area (Å²) in [6.45, 7) is 6.16. The first-order valence-electron chi connectivity index (χ1n) is 4.31. The molecule has 0 saturated carbocycles. The minimum atomic E-state index is 0. The van der Waals surface area contributed by atoms with Gasteiger partial charge in [-0.05, 0) is 0 Å². The quantitative estimate of drug-likeness (QED) is 0.719.